The van der Waals surface area contributed by atoms with Crippen molar-refractivity contribution in [1.82, 2.24) is 10.2 Å². The number of amides is 1. The van der Waals surface area contributed by atoms with Gasteiger partial charge < -0.3 is 5.32 Å². The van der Waals surface area contributed by atoms with Gasteiger partial charge in [0.1, 0.15) is 11.9 Å². The summed E-state index contributed by atoms with van der Waals surface area (Å²) in [6.07, 6.45) is 4.64. The van der Waals surface area contributed by atoms with Gasteiger partial charge in [0.2, 0.25) is 15.9 Å². The number of carbonyl (C=O) groups excluding carboxylic acids is 1. The summed E-state index contributed by atoms with van der Waals surface area (Å²) in [5.74, 6) is -1.18. The van der Waals surface area contributed by atoms with Crippen molar-refractivity contribution in [3.8, 4) is 0 Å². The number of halogens is 1. The Kier molecular flexibility index (Phi) is 7.67. The van der Waals surface area contributed by atoms with Crippen LogP contribution in [-0.4, -0.2) is 44.6 Å². The molecule has 1 saturated heterocycles. The number of sulfonamides is 1. The van der Waals surface area contributed by atoms with Gasteiger partial charge in [0.15, 0.2) is 0 Å². The highest BCUT2D eigenvalue weighted by atomic mass is 32.2. The lowest BCUT2D eigenvalue weighted by atomic mass is 10.0. The molecule has 0 saturated carbocycles. The highest BCUT2D eigenvalue weighted by Crippen LogP contribution is 2.24. The number of hydrogen-bond acceptors (Lipinski definition) is 4. The van der Waals surface area contributed by atoms with Gasteiger partial charge in [-0.3, -0.25) is 14.0 Å². The fourth-order valence-electron chi connectivity index (χ4n) is 3.98. The number of benzene rings is 2. The quantitative estimate of drug-likeness (QED) is 0.674. The highest BCUT2D eigenvalue weighted by Gasteiger charge is 2.30. The molecule has 0 bridgehead atoms. The van der Waals surface area contributed by atoms with Crippen LogP contribution in [0.1, 0.15) is 37.3 Å². The zero-order chi connectivity index (χ0) is 22.4. The van der Waals surface area contributed by atoms with E-state index in [-0.39, 0.29) is 12.2 Å². The van der Waals surface area contributed by atoms with Crippen molar-refractivity contribution in [1.29, 1.82) is 0 Å². The second-order valence-corrected chi connectivity index (χ2v) is 9.87. The zero-order valence-corrected chi connectivity index (χ0v) is 18.9. The molecule has 1 aliphatic rings. The van der Waals surface area contributed by atoms with Crippen LogP contribution in [0.25, 0.3) is 0 Å². The Morgan fingerprint density at radius 3 is 2.32 bits per heavy atom. The Labute approximate surface area is 184 Å². The molecule has 1 atom stereocenters. The van der Waals surface area contributed by atoms with E-state index < -0.39 is 27.8 Å². The van der Waals surface area contributed by atoms with Crippen LogP contribution in [0.5, 0.6) is 0 Å². The number of nitrogens with one attached hydrogen (secondary N) is 1. The predicted octanol–water partition coefficient (Wildman–Crippen LogP) is 3.28. The molecule has 0 aliphatic carbocycles. The lowest BCUT2D eigenvalue weighted by Crippen LogP contribution is -2.48. The molecule has 8 heteroatoms. The second kappa shape index (κ2) is 10.2. The average molecular weight is 448 g/mol. The lowest BCUT2D eigenvalue weighted by Gasteiger charge is -2.29. The average Bonchev–Trinajstić information content (AvgIpc) is 2.74. The molecule has 3 rings (SSSR count). The molecular formula is C23H30FN3O3S. The van der Waals surface area contributed by atoms with E-state index in [1.807, 2.05) is 18.2 Å². The second-order valence-electron chi connectivity index (χ2n) is 8.01. The highest BCUT2D eigenvalue weighted by molar-refractivity contribution is 7.92. The summed E-state index contributed by atoms with van der Waals surface area (Å²) in [5, 5.41) is 2.83. The van der Waals surface area contributed by atoms with Gasteiger partial charge in [-0.2, -0.15) is 0 Å². The normalized spacial score (nSPS) is 16.0. The number of rotatable bonds is 8. The minimum Gasteiger partial charge on any atom is -0.350 e. The third kappa shape index (κ3) is 6.04. The molecule has 31 heavy (non-hydrogen) atoms. The Morgan fingerprint density at radius 1 is 1.06 bits per heavy atom. The molecule has 2 aromatic rings. The van der Waals surface area contributed by atoms with E-state index in [1.54, 1.807) is 0 Å². The Bertz CT molecular complexity index is 1010. The molecule has 1 fully saturated rings. The molecule has 1 N–H and O–H groups in total. The molecule has 0 unspecified atom stereocenters. The zero-order valence-electron chi connectivity index (χ0n) is 18.1. The number of para-hydroxylation sites is 1. The summed E-state index contributed by atoms with van der Waals surface area (Å²) in [5.41, 5.74) is 2.00. The van der Waals surface area contributed by atoms with E-state index in [4.69, 9.17) is 0 Å². The Balaban J connectivity index is 1.72. The monoisotopic (exact) mass is 447 g/mol. The van der Waals surface area contributed by atoms with Crippen molar-refractivity contribution in [2.24, 2.45) is 0 Å². The van der Waals surface area contributed by atoms with Gasteiger partial charge in [-0.15, -0.1) is 0 Å². The maximum atomic E-state index is 14.3. The van der Waals surface area contributed by atoms with Gasteiger partial charge >= 0.3 is 0 Å². The summed E-state index contributed by atoms with van der Waals surface area (Å²) in [4.78, 5) is 15.3. The third-order valence-corrected chi connectivity index (χ3v) is 6.82. The first-order valence-electron chi connectivity index (χ1n) is 10.6. The van der Waals surface area contributed by atoms with Gasteiger partial charge in [-0.25, -0.2) is 12.8 Å². The van der Waals surface area contributed by atoms with Gasteiger partial charge in [-0.05, 0) is 56.1 Å². The third-order valence-electron chi connectivity index (χ3n) is 5.59. The summed E-state index contributed by atoms with van der Waals surface area (Å²) in [6, 6.07) is 12.4. The molecule has 1 amide bonds. The van der Waals surface area contributed by atoms with Crippen LogP contribution in [-0.2, 0) is 27.9 Å². The van der Waals surface area contributed by atoms with E-state index in [2.05, 4.69) is 16.3 Å². The largest absolute Gasteiger partial charge is 0.350 e. The van der Waals surface area contributed by atoms with Gasteiger partial charge in [0.05, 0.1) is 11.9 Å². The summed E-state index contributed by atoms with van der Waals surface area (Å²) < 4.78 is 39.8. The standard InChI is InChI=1S/C23H30FN3O3S/c1-18(27(31(2,29)30)22-13-7-6-12-21(22)24)23(28)25-16-19-10-4-5-11-20(19)17-26-14-8-3-9-15-26/h4-7,10-13,18H,3,8-9,14-17H2,1-2H3,(H,25,28)/t18-/m0/s1. The minimum absolute atomic E-state index is 0.141. The smallest absolute Gasteiger partial charge is 0.243 e. The Morgan fingerprint density at radius 2 is 1.68 bits per heavy atom. The van der Waals surface area contributed by atoms with Crippen molar-refractivity contribution in [3.05, 3.63) is 65.5 Å². The van der Waals surface area contributed by atoms with Crippen LogP contribution in [0.2, 0.25) is 0 Å². The Hall–Kier alpha value is -2.45. The number of anilines is 1. The fraction of sp³-hybridized carbons (Fsp3) is 0.435. The number of likely N-dealkylation sites (tertiary alicyclic amines) is 1. The first kappa shape index (κ1) is 23.2. The van der Waals surface area contributed by atoms with Crippen molar-refractivity contribution < 1.29 is 17.6 Å². The van der Waals surface area contributed by atoms with Crippen LogP contribution < -0.4 is 9.62 Å². The first-order chi connectivity index (χ1) is 14.8. The molecule has 2 aromatic carbocycles. The van der Waals surface area contributed by atoms with E-state index in [9.17, 15) is 17.6 Å². The number of carbonyl (C=O) groups is 1. The first-order valence-corrected chi connectivity index (χ1v) is 12.4. The van der Waals surface area contributed by atoms with Crippen molar-refractivity contribution in [2.45, 2.75) is 45.3 Å². The van der Waals surface area contributed by atoms with Crippen molar-refractivity contribution in [3.63, 3.8) is 0 Å². The van der Waals surface area contributed by atoms with Crippen LogP contribution >= 0.6 is 0 Å². The van der Waals surface area contributed by atoms with Crippen LogP contribution in [0, 0.1) is 5.82 Å². The number of nitrogens with zero attached hydrogens (tertiary/aromatic N) is 2. The molecule has 1 aliphatic heterocycles. The van der Waals surface area contributed by atoms with E-state index in [1.165, 1.54) is 50.5 Å². The summed E-state index contributed by atoms with van der Waals surface area (Å²) in [7, 11) is -3.87. The van der Waals surface area contributed by atoms with Crippen molar-refractivity contribution >= 4 is 21.6 Å². The van der Waals surface area contributed by atoms with E-state index >= 15 is 0 Å². The minimum atomic E-state index is -3.87. The van der Waals surface area contributed by atoms with E-state index in [0.717, 1.165) is 41.3 Å². The SMILES string of the molecule is C[C@@H](C(=O)NCc1ccccc1CN1CCCCC1)N(c1ccccc1F)S(C)(=O)=O. The van der Waals surface area contributed by atoms with Crippen LogP contribution in [0.3, 0.4) is 0 Å². The maximum absolute atomic E-state index is 14.3. The molecule has 1 heterocycles. The number of piperidine rings is 1. The maximum Gasteiger partial charge on any atom is 0.243 e. The number of hydrogen-bond donors (Lipinski definition) is 1. The van der Waals surface area contributed by atoms with E-state index in [0.29, 0.717) is 0 Å². The predicted molar refractivity (Wildman–Crippen MR) is 121 cm³/mol. The van der Waals surface area contributed by atoms with Crippen LogP contribution in [0.15, 0.2) is 48.5 Å². The molecule has 6 nitrogen and oxygen atoms in total. The van der Waals surface area contributed by atoms with Crippen LogP contribution in [0.4, 0.5) is 10.1 Å². The molecule has 0 aromatic heterocycles. The van der Waals surface area contributed by atoms with Gasteiger partial charge in [0, 0.05) is 13.1 Å². The van der Waals surface area contributed by atoms with Crippen molar-refractivity contribution in [2.75, 3.05) is 23.7 Å². The fourth-order valence-corrected chi connectivity index (χ4v) is 5.16. The molecule has 0 spiro atoms. The van der Waals surface area contributed by atoms with Gasteiger partial charge in [0.25, 0.3) is 0 Å². The molecular weight excluding hydrogens is 417 g/mol. The molecule has 168 valence electrons. The lowest BCUT2D eigenvalue weighted by molar-refractivity contribution is -0.122. The summed E-state index contributed by atoms with van der Waals surface area (Å²) >= 11 is 0. The summed E-state index contributed by atoms with van der Waals surface area (Å²) in [6.45, 7) is 4.71. The van der Waals surface area contributed by atoms with Gasteiger partial charge in [-0.1, -0.05) is 42.8 Å². The topological polar surface area (TPSA) is 69.7 Å². The molecule has 0 radical (unpaired) electrons.